The fraction of sp³-hybridized carbons (Fsp3) is 0.308. The molecule has 2 aromatic rings. The third kappa shape index (κ3) is 2.48. The van der Waals surface area contributed by atoms with Crippen molar-refractivity contribution in [1.29, 1.82) is 0 Å². The Bertz CT molecular complexity index is 631. The number of aromatic nitrogens is 2. The van der Waals surface area contributed by atoms with Crippen molar-refractivity contribution in [3.05, 3.63) is 34.5 Å². The molecule has 1 aromatic carbocycles. The van der Waals surface area contributed by atoms with Crippen LogP contribution < -0.4 is 4.74 Å². The third-order valence-electron chi connectivity index (χ3n) is 3.12. The van der Waals surface area contributed by atoms with Crippen molar-refractivity contribution in [2.45, 2.75) is 19.6 Å². The standard InChI is InChI=1S/C13H11ClF2N2O2/c14-9-5-7(1-2-11(9)20-13(15)16)12-8-3-4-19-6-10(8)17-18-12/h1-2,5,13H,3-4,6H2,(H,17,18). The van der Waals surface area contributed by atoms with E-state index in [9.17, 15) is 8.78 Å². The van der Waals surface area contributed by atoms with Crippen LogP contribution >= 0.6 is 11.6 Å². The van der Waals surface area contributed by atoms with E-state index in [1.165, 1.54) is 6.07 Å². The summed E-state index contributed by atoms with van der Waals surface area (Å²) >= 11 is 5.95. The van der Waals surface area contributed by atoms with Crippen molar-refractivity contribution in [2.75, 3.05) is 6.61 Å². The van der Waals surface area contributed by atoms with E-state index in [1.807, 2.05) is 0 Å². The van der Waals surface area contributed by atoms with Crippen LogP contribution in [0, 0.1) is 0 Å². The first kappa shape index (κ1) is 13.3. The molecule has 0 spiro atoms. The molecule has 1 aliphatic rings. The minimum atomic E-state index is -2.89. The Kier molecular flexibility index (Phi) is 3.58. The maximum absolute atomic E-state index is 12.2. The number of hydrogen-bond acceptors (Lipinski definition) is 3. The highest BCUT2D eigenvalue weighted by atomic mass is 35.5. The average Bonchev–Trinajstić information content (AvgIpc) is 2.84. The van der Waals surface area contributed by atoms with Gasteiger partial charge in [0, 0.05) is 11.1 Å². The van der Waals surface area contributed by atoms with Gasteiger partial charge in [0.05, 0.1) is 29.6 Å². The first-order valence-electron chi connectivity index (χ1n) is 6.03. The molecule has 0 bridgehead atoms. The number of benzene rings is 1. The summed E-state index contributed by atoms with van der Waals surface area (Å²) in [4.78, 5) is 0. The molecule has 1 N–H and O–H groups in total. The SMILES string of the molecule is FC(F)Oc1ccc(-c2n[nH]c3c2CCOC3)cc1Cl. The van der Waals surface area contributed by atoms with Gasteiger partial charge in [-0.2, -0.15) is 13.9 Å². The molecule has 7 heteroatoms. The lowest BCUT2D eigenvalue weighted by atomic mass is 10.0. The maximum atomic E-state index is 12.2. The molecule has 0 radical (unpaired) electrons. The fourth-order valence-electron chi connectivity index (χ4n) is 2.22. The summed E-state index contributed by atoms with van der Waals surface area (Å²) in [5, 5.41) is 7.30. The number of alkyl halides is 2. The molecule has 1 aliphatic heterocycles. The van der Waals surface area contributed by atoms with Crippen LogP contribution in [0.1, 0.15) is 11.3 Å². The normalized spacial score (nSPS) is 14.4. The maximum Gasteiger partial charge on any atom is 0.387 e. The van der Waals surface area contributed by atoms with Gasteiger partial charge < -0.3 is 9.47 Å². The van der Waals surface area contributed by atoms with Gasteiger partial charge in [0.15, 0.2) is 0 Å². The Balaban J connectivity index is 1.95. The van der Waals surface area contributed by atoms with Crippen molar-refractivity contribution in [2.24, 2.45) is 0 Å². The van der Waals surface area contributed by atoms with Crippen LogP contribution in [-0.4, -0.2) is 23.4 Å². The number of ether oxygens (including phenoxy) is 2. The molecular weight excluding hydrogens is 290 g/mol. The zero-order chi connectivity index (χ0) is 14.1. The quantitative estimate of drug-likeness (QED) is 0.945. The number of nitrogens with one attached hydrogen (secondary N) is 1. The van der Waals surface area contributed by atoms with E-state index in [1.54, 1.807) is 12.1 Å². The van der Waals surface area contributed by atoms with Gasteiger partial charge in [0.1, 0.15) is 5.75 Å². The van der Waals surface area contributed by atoms with Gasteiger partial charge >= 0.3 is 6.61 Å². The summed E-state index contributed by atoms with van der Waals surface area (Å²) < 4.78 is 34.0. The second kappa shape index (κ2) is 5.38. The molecule has 0 aliphatic carbocycles. The van der Waals surface area contributed by atoms with Crippen LogP contribution in [0.15, 0.2) is 18.2 Å². The van der Waals surface area contributed by atoms with Crippen LogP contribution in [0.5, 0.6) is 5.75 Å². The van der Waals surface area contributed by atoms with Crippen LogP contribution in [0.3, 0.4) is 0 Å². The summed E-state index contributed by atoms with van der Waals surface area (Å²) in [6, 6.07) is 4.66. The first-order chi connectivity index (χ1) is 9.65. The van der Waals surface area contributed by atoms with Crippen LogP contribution in [0.4, 0.5) is 8.78 Å². The Morgan fingerprint density at radius 2 is 2.25 bits per heavy atom. The lowest BCUT2D eigenvalue weighted by Crippen LogP contribution is -2.08. The molecule has 106 valence electrons. The van der Waals surface area contributed by atoms with Crippen molar-refractivity contribution < 1.29 is 18.3 Å². The molecule has 0 saturated carbocycles. The van der Waals surface area contributed by atoms with Gasteiger partial charge in [-0.15, -0.1) is 0 Å². The zero-order valence-electron chi connectivity index (χ0n) is 10.3. The van der Waals surface area contributed by atoms with E-state index in [0.29, 0.717) is 13.2 Å². The van der Waals surface area contributed by atoms with Crippen LogP contribution in [0.25, 0.3) is 11.3 Å². The molecule has 1 aromatic heterocycles. The van der Waals surface area contributed by atoms with Crippen LogP contribution in [0.2, 0.25) is 5.02 Å². The van der Waals surface area contributed by atoms with Crippen LogP contribution in [-0.2, 0) is 17.8 Å². The number of nitrogens with zero attached hydrogens (tertiary/aromatic N) is 1. The van der Waals surface area contributed by atoms with Crippen molar-refractivity contribution >= 4 is 11.6 Å². The van der Waals surface area contributed by atoms with E-state index in [4.69, 9.17) is 16.3 Å². The van der Waals surface area contributed by atoms with Crippen molar-refractivity contribution in [3.8, 4) is 17.0 Å². The van der Waals surface area contributed by atoms with Gasteiger partial charge in [-0.1, -0.05) is 11.6 Å². The lowest BCUT2D eigenvalue weighted by Gasteiger charge is -2.13. The summed E-state index contributed by atoms with van der Waals surface area (Å²) in [7, 11) is 0. The van der Waals surface area contributed by atoms with Gasteiger partial charge in [-0.25, -0.2) is 0 Å². The number of halogens is 3. The largest absolute Gasteiger partial charge is 0.433 e. The first-order valence-corrected chi connectivity index (χ1v) is 6.41. The Hall–Kier alpha value is -1.66. The smallest absolute Gasteiger partial charge is 0.387 e. The predicted molar refractivity (Wildman–Crippen MR) is 69.0 cm³/mol. The molecule has 0 fully saturated rings. The molecule has 0 atom stereocenters. The number of fused-ring (bicyclic) bond motifs is 1. The van der Waals surface area contributed by atoms with E-state index < -0.39 is 6.61 Å². The highest BCUT2D eigenvalue weighted by Gasteiger charge is 2.19. The van der Waals surface area contributed by atoms with E-state index >= 15 is 0 Å². The molecule has 2 heterocycles. The Morgan fingerprint density at radius 3 is 3.00 bits per heavy atom. The van der Waals surface area contributed by atoms with Gasteiger partial charge in [-0.05, 0) is 24.6 Å². The third-order valence-corrected chi connectivity index (χ3v) is 3.41. The monoisotopic (exact) mass is 300 g/mol. The molecular formula is C13H11ClF2N2O2. The molecule has 0 saturated heterocycles. The minimum absolute atomic E-state index is 0.0434. The molecule has 3 rings (SSSR count). The Labute approximate surface area is 118 Å². The topological polar surface area (TPSA) is 47.1 Å². The van der Waals surface area contributed by atoms with Crippen molar-refractivity contribution in [3.63, 3.8) is 0 Å². The summed E-state index contributed by atoms with van der Waals surface area (Å²) in [6.07, 6.45) is 0.758. The fourth-order valence-corrected chi connectivity index (χ4v) is 2.44. The van der Waals surface area contributed by atoms with Gasteiger partial charge in [-0.3, -0.25) is 5.10 Å². The number of rotatable bonds is 3. The van der Waals surface area contributed by atoms with E-state index in [2.05, 4.69) is 14.9 Å². The minimum Gasteiger partial charge on any atom is -0.433 e. The molecule has 0 amide bonds. The van der Waals surface area contributed by atoms with Gasteiger partial charge in [0.2, 0.25) is 0 Å². The summed E-state index contributed by atoms with van der Waals surface area (Å²) in [6.45, 7) is -1.75. The number of H-pyrrole nitrogens is 1. The molecule has 20 heavy (non-hydrogen) atoms. The summed E-state index contributed by atoms with van der Waals surface area (Å²) in [5.74, 6) is -0.0434. The lowest BCUT2D eigenvalue weighted by molar-refractivity contribution is -0.0497. The average molecular weight is 301 g/mol. The molecule has 0 unspecified atom stereocenters. The highest BCUT2D eigenvalue weighted by Crippen LogP contribution is 2.33. The van der Waals surface area contributed by atoms with E-state index in [0.717, 1.165) is 28.9 Å². The zero-order valence-corrected chi connectivity index (χ0v) is 11.1. The number of aromatic amines is 1. The van der Waals surface area contributed by atoms with Crippen molar-refractivity contribution in [1.82, 2.24) is 10.2 Å². The predicted octanol–water partition coefficient (Wildman–Crippen LogP) is 3.40. The molecule has 4 nitrogen and oxygen atoms in total. The second-order valence-electron chi connectivity index (χ2n) is 4.36. The highest BCUT2D eigenvalue weighted by molar-refractivity contribution is 6.32. The second-order valence-corrected chi connectivity index (χ2v) is 4.76. The Morgan fingerprint density at radius 1 is 1.40 bits per heavy atom. The van der Waals surface area contributed by atoms with E-state index in [-0.39, 0.29) is 10.8 Å². The summed E-state index contributed by atoms with van der Waals surface area (Å²) in [5.41, 5.74) is 3.55. The van der Waals surface area contributed by atoms with Gasteiger partial charge in [0.25, 0.3) is 0 Å². The number of hydrogen-bond donors (Lipinski definition) is 1.